The molecule has 1 aliphatic heterocycles. The second-order valence-corrected chi connectivity index (χ2v) is 10.1. The number of hydrogen-bond acceptors (Lipinski definition) is 7. The maximum Gasteiger partial charge on any atom is 0.220 e. The molecule has 0 bridgehead atoms. The molecule has 1 aromatic carbocycles. The Morgan fingerprint density at radius 3 is 2.55 bits per heavy atom. The molecule has 2 rings (SSSR count). The molecule has 0 saturated carbocycles. The monoisotopic (exact) mass is 452 g/mol. The summed E-state index contributed by atoms with van der Waals surface area (Å²) < 4.78 is 0. The molecular weight excluding hydrogens is 428 g/mol. The summed E-state index contributed by atoms with van der Waals surface area (Å²) in [6.07, 6.45) is 3.60. The standard InChI is InChI=1S/C19H24N4O3S3/c20-23-22-16-6-4-15(5-7-16)19(26)27-13-17(24)8-9-18(25)21-10-2-1-3-14-11-28-29-12-14/h4-7,14H,1-3,8-13H2,(H,21,25). The summed E-state index contributed by atoms with van der Waals surface area (Å²) in [6.45, 7) is 0.652. The van der Waals surface area contributed by atoms with E-state index in [1.807, 2.05) is 21.6 Å². The Hall–Kier alpha value is -1.61. The van der Waals surface area contributed by atoms with Gasteiger partial charge >= 0.3 is 0 Å². The number of hydrogen-bond donors (Lipinski definition) is 1. The minimum absolute atomic E-state index is 0.0433. The van der Waals surface area contributed by atoms with Crippen molar-refractivity contribution >= 4 is 55.8 Å². The number of azide groups is 1. The van der Waals surface area contributed by atoms with E-state index in [9.17, 15) is 14.4 Å². The van der Waals surface area contributed by atoms with E-state index in [1.54, 1.807) is 24.3 Å². The fourth-order valence-corrected chi connectivity index (χ4v) is 6.41. The summed E-state index contributed by atoms with van der Waals surface area (Å²) >= 11 is 0.918. The van der Waals surface area contributed by atoms with E-state index in [1.165, 1.54) is 17.9 Å². The van der Waals surface area contributed by atoms with Crippen molar-refractivity contribution in [3.8, 4) is 0 Å². The van der Waals surface area contributed by atoms with Gasteiger partial charge in [-0.15, -0.1) is 0 Å². The quantitative estimate of drug-likeness (QED) is 0.154. The van der Waals surface area contributed by atoms with Gasteiger partial charge in [-0.1, -0.05) is 69.2 Å². The van der Waals surface area contributed by atoms with Crippen LogP contribution in [0.1, 0.15) is 42.5 Å². The highest BCUT2D eigenvalue weighted by atomic mass is 33.1. The second kappa shape index (κ2) is 13.6. The lowest BCUT2D eigenvalue weighted by Gasteiger charge is -2.08. The molecule has 1 amide bonds. The molecule has 7 nitrogen and oxygen atoms in total. The number of carbonyl (C=O) groups excluding carboxylic acids is 3. The molecule has 1 heterocycles. The third kappa shape index (κ3) is 9.62. The zero-order valence-corrected chi connectivity index (χ0v) is 18.5. The lowest BCUT2D eigenvalue weighted by Crippen LogP contribution is -2.25. The number of rotatable bonds is 12. The van der Waals surface area contributed by atoms with Crippen LogP contribution in [0.3, 0.4) is 0 Å². The molecule has 0 aromatic heterocycles. The molecule has 1 N–H and O–H groups in total. The molecule has 0 unspecified atom stereocenters. The Labute approximate surface area is 182 Å². The van der Waals surface area contributed by atoms with E-state index in [4.69, 9.17) is 5.53 Å². The van der Waals surface area contributed by atoms with Crippen LogP contribution < -0.4 is 5.32 Å². The van der Waals surface area contributed by atoms with Crippen LogP contribution in [0.25, 0.3) is 10.4 Å². The highest BCUT2D eigenvalue weighted by molar-refractivity contribution is 8.77. The molecular formula is C19H24N4O3S3. The highest BCUT2D eigenvalue weighted by Gasteiger charge is 2.15. The first-order chi connectivity index (χ1) is 14.1. The first-order valence-corrected chi connectivity index (χ1v) is 12.9. The van der Waals surface area contributed by atoms with Crippen LogP contribution in [0.15, 0.2) is 29.4 Å². The van der Waals surface area contributed by atoms with E-state index in [0.717, 1.165) is 30.5 Å². The van der Waals surface area contributed by atoms with Gasteiger partial charge in [0.25, 0.3) is 0 Å². The minimum atomic E-state index is -0.227. The molecule has 0 aliphatic carbocycles. The Balaban J connectivity index is 1.54. The van der Waals surface area contributed by atoms with Crippen LogP contribution in [-0.4, -0.2) is 40.6 Å². The second-order valence-electron chi connectivity index (χ2n) is 6.63. The van der Waals surface area contributed by atoms with Gasteiger partial charge in [-0.25, -0.2) is 0 Å². The van der Waals surface area contributed by atoms with E-state index in [-0.39, 0.29) is 35.4 Å². The number of thioether (sulfide) groups is 1. The van der Waals surface area contributed by atoms with Gasteiger partial charge in [-0.3, -0.25) is 14.4 Å². The normalized spacial score (nSPS) is 13.7. The summed E-state index contributed by atoms with van der Waals surface area (Å²) in [7, 11) is 3.89. The van der Waals surface area contributed by atoms with Crippen LogP contribution in [-0.2, 0) is 9.59 Å². The molecule has 29 heavy (non-hydrogen) atoms. The Morgan fingerprint density at radius 2 is 1.86 bits per heavy atom. The fraction of sp³-hybridized carbons (Fsp3) is 0.526. The van der Waals surface area contributed by atoms with Gasteiger partial charge in [-0.05, 0) is 24.3 Å². The number of amides is 1. The van der Waals surface area contributed by atoms with Crippen molar-refractivity contribution in [2.24, 2.45) is 11.0 Å². The van der Waals surface area contributed by atoms with Crippen molar-refractivity contribution in [3.63, 3.8) is 0 Å². The van der Waals surface area contributed by atoms with Crippen LogP contribution in [0.4, 0.5) is 5.69 Å². The summed E-state index contributed by atoms with van der Waals surface area (Å²) in [6, 6.07) is 6.21. The molecule has 1 saturated heterocycles. The van der Waals surface area contributed by atoms with Gasteiger partial charge in [0.05, 0.1) is 5.75 Å². The maximum absolute atomic E-state index is 12.1. The van der Waals surface area contributed by atoms with E-state index < -0.39 is 0 Å². The van der Waals surface area contributed by atoms with Gasteiger partial charge in [0.1, 0.15) is 5.78 Å². The van der Waals surface area contributed by atoms with Crippen LogP contribution in [0.2, 0.25) is 0 Å². The number of unbranched alkanes of at least 4 members (excludes halogenated alkanes) is 1. The van der Waals surface area contributed by atoms with Gasteiger partial charge in [0.2, 0.25) is 11.0 Å². The topological polar surface area (TPSA) is 112 Å². The number of nitrogens with one attached hydrogen (secondary N) is 1. The molecule has 0 radical (unpaired) electrons. The van der Waals surface area contributed by atoms with Crippen LogP contribution >= 0.6 is 33.3 Å². The average Bonchev–Trinajstić information content (AvgIpc) is 3.24. The number of Topliss-reactive ketones (excluding diaryl/α,β-unsaturated/α-hetero) is 1. The van der Waals surface area contributed by atoms with Crippen molar-refractivity contribution < 1.29 is 14.4 Å². The highest BCUT2D eigenvalue weighted by Crippen LogP contribution is 2.36. The summed E-state index contributed by atoms with van der Waals surface area (Å²) in [5.41, 5.74) is 9.23. The zero-order chi connectivity index (χ0) is 20.9. The number of ketones is 1. The van der Waals surface area contributed by atoms with Gasteiger partial charge in [-0.2, -0.15) is 0 Å². The zero-order valence-electron chi connectivity index (χ0n) is 16.0. The molecule has 10 heteroatoms. The molecule has 1 fully saturated rings. The smallest absolute Gasteiger partial charge is 0.220 e. The minimum Gasteiger partial charge on any atom is -0.356 e. The molecule has 1 aliphatic rings. The lowest BCUT2D eigenvalue weighted by molar-refractivity contribution is -0.124. The third-order valence-electron chi connectivity index (χ3n) is 4.31. The van der Waals surface area contributed by atoms with Crippen LogP contribution in [0.5, 0.6) is 0 Å². The molecule has 0 spiro atoms. The SMILES string of the molecule is [N-]=[N+]=Nc1ccc(C(=O)SCC(=O)CCC(=O)NCCCCC2CSSC2)cc1. The predicted octanol–water partition coefficient (Wildman–Crippen LogP) is 5.15. The first kappa shape index (κ1) is 23.7. The maximum atomic E-state index is 12.1. The number of benzene rings is 1. The average molecular weight is 453 g/mol. The van der Waals surface area contributed by atoms with Crippen molar-refractivity contribution in [3.05, 3.63) is 40.3 Å². The van der Waals surface area contributed by atoms with Crippen LogP contribution in [0, 0.1) is 5.92 Å². The number of nitrogens with zero attached hydrogens (tertiary/aromatic N) is 3. The number of carbonyl (C=O) groups is 3. The van der Waals surface area contributed by atoms with E-state index >= 15 is 0 Å². The Bertz CT molecular complexity index is 746. The van der Waals surface area contributed by atoms with Gasteiger partial charge in [0, 0.05) is 47.1 Å². The molecule has 156 valence electrons. The lowest BCUT2D eigenvalue weighted by atomic mass is 10.1. The first-order valence-electron chi connectivity index (χ1n) is 9.43. The third-order valence-corrected chi connectivity index (χ3v) is 7.97. The van der Waals surface area contributed by atoms with Crippen molar-refractivity contribution in [2.45, 2.75) is 32.1 Å². The van der Waals surface area contributed by atoms with Crippen molar-refractivity contribution in [1.82, 2.24) is 5.32 Å². The van der Waals surface area contributed by atoms with Crippen molar-refractivity contribution in [2.75, 3.05) is 23.8 Å². The Kier molecular flexibility index (Phi) is 11.1. The van der Waals surface area contributed by atoms with Crippen molar-refractivity contribution in [1.29, 1.82) is 0 Å². The molecule has 1 aromatic rings. The Morgan fingerprint density at radius 1 is 1.14 bits per heavy atom. The largest absolute Gasteiger partial charge is 0.356 e. The summed E-state index contributed by atoms with van der Waals surface area (Å²) in [4.78, 5) is 38.5. The summed E-state index contributed by atoms with van der Waals surface area (Å²) in [5.74, 6) is 3.08. The predicted molar refractivity (Wildman–Crippen MR) is 122 cm³/mol. The fourth-order valence-electron chi connectivity index (χ4n) is 2.65. The van der Waals surface area contributed by atoms with Gasteiger partial charge < -0.3 is 5.32 Å². The van der Waals surface area contributed by atoms with Gasteiger partial charge in [0.15, 0.2) is 0 Å². The van der Waals surface area contributed by atoms with E-state index in [2.05, 4.69) is 15.3 Å². The molecule has 0 atom stereocenters. The summed E-state index contributed by atoms with van der Waals surface area (Å²) in [5, 5.41) is 6.07. The van der Waals surface area contributed by atoms with E-state index in [0.29, 0.717) is 17.8 Å².